The molecule has 1 saturated carbocycles. The maximum atomic E-state index is 12.2. The molecule has 0 amide bonds. The van der Waals surface area contributed by atoms with Crippen LogP contribution in [0.25, 0.3) is 0 Å². The minimum atomic E-state index is -2.68. The Kier molecular flexibility index (Phi) is 5.37. The summed E-state index contributed by atoms with van der Waals surface area (Å²) in [5, 5.41) is 0. The summed E-state index contributed by atoms with van der Waals surface area (Å²) in [7, 11) is 1.97. The van der Waals surface area contributed by atoms with Gasteiger partial charge in [-0.1, -0.05) is 0 Å². The summed E-state index contributed by atoms with van der Waals surface area (Å²) in [6.07, 6.45) is 2.58. The monoisotopic (exact) mass is 363 g/mol. The molecule has 0 spiro atoms. The zero-order valence-corrected chi connectivity index (χ0v) is 13.7. The highest BCUT2D eigenvalue weighted by molar-refractivity contribution is 9.10. The number of hydrogen-bond donors (Lipinski definition) is 1. The number of anilines is 2. The fourth-order valence-electron chi connectivity index (χ4n) is 2.72. The van der Waals surface area contributed by atoms with E-state index in [9.17, 15) is 8.78 Å². The number of halogens is 3. The Labute approximate surface area is 131 Å². The second-order valence-corrected chi connectivity index (χ2v) is 6.26. The van der Waals surface area contributed by atoms with Crippen LogP contribution in [0.3, 0.4) is 0 Å². The van der Waals surface area contributed by atoms with Crippen LogP contribution in [-0.4, -0.2) is 30.8 Å². The van der Waals surface area contributed by atoms with E-state index in [0.29, 0.717) is 18.5 Å². The minimum Gasteiger partial charge on any atom is -0.397 e. The van der Waals surface area contributed by atoms with Gasteiger partial charge in [-0.3, -0.25) is 0 Å². The van der Waals surface area contributed by atoms with Crippen LogP contribution in [0, 0.1) is 6.92 Å². The van der Waals surface area contributed by atoms with Gasteiger partial charge >= 0.3 is 6.61 Å². The fourth-order valence-corrected chi connectivity index (χ4v) is 3.33. The molecule has 2 N–H and O–H groups in total. The van der Waals surface area contributed by atoms with Gasteiger partial charge in [-0.15, -0.1) is 0 Å². The summed E-state index contributed by atoms with van der Waals surface area (Å²) in [4.78, 5) is 6.61. The Morgan fingerprint density at radius 3 is 2.57 bits per heavy atom. The van der Waals surface area contributed by atoms with E-state index in [1.165, 1.54) is 0 Å². The molecule has 1 fully saturated rings. The van der Waals surface area contributed by atoms with Gasteiger partial charge in [0.05, 0.1) is 22.0 Å². The second-order valence-electron chi connectivity index (χ2n) is 5.41. The Morgan fingerprint density at radius 1 is 1.38 bits per heavy atom. The van der Waals surface area contributed by atoms with E-state index in [1.807, 2.05) is 20.0 Å². The highest BCUT2D eigenvalue weighted by Gasteiger charge is 2.27. The van der Waals surface area contributed by atoms with Crippen molar-refractivity contribution in [2.75, 3.05) is 17.7 Å². The molecule has 0 saturated heterocycles. The third kappa shape index (κ3) is 4.03. The molecular weight excluding hydrogens is 344 g/mol. The van der Waals surface area contributed by atoms with Crippen LogP contribution >= 0.6 is 15.9 Å². The highest BCUT2D eigenvalue weighted by Crippen LogP contribution is 2.32. The quantitative estimate of drug-likeness (QED) is 0.885. The first-order valence-electron chi connectivity index (χ1n) is 6.97. The summed E-state index contributed by atoms with van der Waals surface area (Å²) in [5.74, 6) is 0.833. The van der Waals surface area contributed by atoms with Crippen LogP contribution in [-0.2, 0) is 4.74 Å². The molecular formula is C14H20BrF2N3O. The SMILES string of the molecule is Cc1nc(N(C)C2CCC(OC(F)F)CC2)c(Br)cc1N. The molecule has 7 heteroatoms. The Balaban J connectivity index is 2.02. The number of nitrogens with zero attached hydrogens (tertiary/aromatic N) is 2. The predicted molar refractivity (Wildman–Crippen MR) is 82.6 cm³/mol. The molecule has 0 radical (unpaired) electrons. The predicted octanol–water partition coefficient (Wildman–Crippen LogP) is 3.72. The number of nitrogen functional groups attached to an aromatic ring is 1. The van der Waals surface area contributed by atoms with Crippen LogP contribution in [0.1, 0.15) is 31.4 Å². The molecule has 0 aliphatic heterocycles. The van der Waals surface area contributed by atoms with Crippen molar-refractivity contribution in [3.63, 3.8) is 0 Å². The summed E-state index contributed by atoms with van der Waals surface area (Å²) in [6.45, 7) is -0.813. The Hall–Kier alpha value is -0.950. The number of aromatic nitrogens is 1. The van der Waals surface area contributed by atoms with Crippen molar-refractivity contribution in [2.24, 2.45) is 0 Å². The van der Waals surface area contributed by atoms with E-state index in [2.05, 4.69) is 30.6 Å². The molecule has 2 rings (SSSR count). The summed E-state index contributed by atoms with van der Waals surface area (Å²) in [6, 6.07) is 2.12. The molecule has 0 atom stereocenters. The van der Waals surface area contributed by atoms with E-state index in [4.69, 9.17) is 5.73 Å². The lowest BCUT2D eigenvalue weighted by molar-refractivity contribution is -0.169. The van der Waals surface area contributed by atoms with E-state index < -0.39 is 6.61 Å². The van der Waals surface area contributed by atoms with Crippen molar-refractivity contribution in [1.82, 2.24) is 4.98 Å². The van der Waals surface area contributed by atoms with Crippen LogP contribution in [0.2, 0.25) is 0 Å². The van der Waals surface area contributed by atoms with Gasteiger partial charge in [0.2, 0.25) is 0 Å². The van der Waals surface area contributed by atoms with Gasteiger partial charge in [0.25, 0.3) is 0 Å². The number of rotatable bonds is 4. The lowest BCUT2D eigenvalue weighted by Gasteiger charge is -2.35. The lowest BCUT2D eigenvalue weighted by Crippen LogP contribution is -2.38. The summed E-state index contributed by atoms with van der Waals surface area (Å²) in [5.41, 5.74) is 7.27. The zero-order valence-electron chi connectivity index (χ0n) is 12.2. The minimum absolute atomic E-state index is 0.273. The Morgan fingerprint density at radius 2 is 2.00 bits per heavy atom. The molecule has 1 heterocycles. The maximum absolute atomic E-state index is 12.2. The molecule has 0 unspecified atom stereocenters. The van der Waals surface area contributed by atoms with Gasteiger partial charge in [0.1, 0.15) is 5.82 Å². The van der Waals surface area contributed by atoms with Crippen LogP contribution in [0.15, 0.2) is 10.5 Å². The first-order chi connectivity index (χ1) is 9.88. The summed E-state index contributed by atoms with van der Waals surface area (Å²) >= 11 is 3.49. The third-order valence-corrected chi connectivity index (χ3v) is 4.59. The number of ether oxygens (including phenoxy) is 1. The Bertz CT molecular complexity index is 493. The molecule has 1 aromatic heterocycles. The van der Waals surface area contributed by atoms with E-state index in [0.717, 1.165) is 28.8 Å². The van der Waals surface area contributed by atoms with Crippen molar-refractivity contribution in [3.8, 4) is 0 Å². The number of alkyl halides is 2. The number of hydrogen-bond acceptors (Lipinski definition) is 4. The van der Waals surface area contributed by atoms with Crippen LogP contribution in [0.5, 0.6) is 0 Å². The molecule has 1 aliphatic rings. The molecule has 21 heavy (non-hydrogen) atoms. The topological polar surface area (TPSA) is 51.4 Å². The molecule has 118 valence electrons. The second kappa shape index (κ2) is 6.87. The third-order valence-electron chi connectivity index (χ3n) is 4.01. The average Bonchev–Trinajstić information content (AvgIpc) is 2.42. The smallest absolute Gasteiger partial charge is 0.345 e. The van der Waals surface area contributed by atoms with E-state index in [1.54, 1.807) is 0 Å². The van der Waals surface area contributed by atoms with Gasteiger partial charge in [0.15, 0.2) is 0 Å². The van der Waals surface area contributed by atoms with Gasteiger partial charge < -0.3 is 15.4 Å². The van der Waals surface area contributed by atoms with Gasteiger partial charge in [-0.25, -0.2) is 4.98 Å². The number of nitrogens with two attached hydrogens (primary N) is 1. The summed E-state index contributed by atoms with van der Waals surface area (Å²) < 4.78 is 29.9. The molecule has 4 nitrogen and oxygen atoms in total. The first-order valence-corrected chi connectivity index (χ1v) is 7.77. The van der Waals surface area contributed by atoms with E-state index in [-0.39, 0.29) is 12.1 Å². The average molecular weight is 364 g/mol. The number of aryl methyl sites for hydroxylation is 1. The van der Waals surface area contributed by atoms with Gasteiger partial charge in [0, 0.05) is 13.1 Å². The largest absolute Gasteiger partial charge is 0.397 e. The van der Waals surface area contributed by atoms with Crippen molar-refractivity contribution in [2.45, 2.75) is 51.4 Å². The van der Waals surface area contributed by atoms with Crippen molar-refractivity contribution in [1.29, 1.82) is 0 Å². The van der Waals surface area contributed by atoms with Crippen LogP contribution < -0.4 is 10.6 Å². The van der Waals surface area contributed by atoms with Crippen LogP contribution in [0.4, 0.5) is 20.3 Å². The maximum Gasteiger partial charge on any atom is 0.345 e. The van der Waals surface area contributed by atoms with Gasteiger partial charge in [-0.05, 0) is 54.6 Å². The van der Waals surface area contributed by atoms with Crippen molar-refractivity contribution < 1.29 is 13.5 Å². The fraction of sp³-hybridized carbons (Fsp3) is 0.643. The molecule has 0 bridgehead atoms. The van der Waals surface area contributed by atoms with Crippen molar-refractivity contribution in [3.05, 3.63) is 16.2 Å². The first kappa shape index (κ1) is 16.4. The molecule has 0 aromatic carbocycles. The standard InChI is InChI=1S/C14H20BrF2N3O/c1-8-12(18)7-11(15)13(19-8)20(2)9-3-5-10(6-4-9)21-14(16)17/h7,9-10,14H,3-6,18H2,1-2H3. The normalized spacial score (nSPS) is 22.6. The van der Waals surface area contributed by atoms with Gasteiger partial charge in [-0.2, -0.15) is 8.78 Å². The zero-order chi connectivity index (χ0) is 15.6. The highest BCUT2D eigenvalue weighted by atomic mass is 79.9. The molecule has 1 aliphatic carbocycles. The lowest BCUT2D eigenvalue weighted by atomic mass is 9.92. The van der Waals surface area contributed by atoms with Crippen molar-refractivity contribution >= 4 is 27.4 Å². The number of pyridine rings is 1. The van der Waals surface area contributed by atoms with E-state index >= 15 is 0 Å². The molecule has 1 aromatic rings.